The second-order valence-corrected chi connectivity index (χ2v) is 6.59. The zero-order valence-electron chi connectivity index (χ0n) is 13.9. The van der Waals surface area contributed by atoms with E-state index in [4.69, 9.17) is 4.74 Å². The molecule has 4 nitrogen and oxygen atoms in total. The molecule has 2 N–H and O–H groups in total. The Morgan fingerprint density at radius 1 is 1.21 bits per heavy atom. The topological polar surface area (TPSA) is 58.6 Å². The summed E-state index contributed by atoms with van der Waals surface area (Å²) in [6, 6.07) is 11.3. The number of aromatic carboxylic acids is 1. The van der Waals surface area contributed by atoms with Crippen molar-refractivity contribution >= 4 is 27.6 Å². The lowest BCUT2D eigenvalue weighted by atomic mass is 10.1. The van der Waals surface area contributed by atoms with E-state index in [1.54, 1.807) is 12.1 Å². The molecule has 24 heavy (non-hydrogen) atoms. The smallest absolute Gasteiger partial charge is 0.337 e. The third-order valence-corrected chi connectivity index (χ3v) is 4.40. The van der Waals surface area contributed by atoms with E-state index in [0.29, 0.717) is 18.8 Å². The summed E-state index contributed by atoms with van der Waals surface area (Å²) in [6.45, 7) is 5.49. The molecule has 2 aromatic carbocycles. The van der Waals surface area contributed by atoms with Crippen LogP contribution in [0.1, 0.15) is 34.3 Å². The first-order valence-corrected chi connectivity index (χ1v) is 8.74. The van der Waals surface area contributed by atoms with Crippen LogP contribution >= 0.6 is 15.9 Å². The van der Waals surface area contributed by atoms with Crippen molar-refractivity contribution in [1.82, 2.24) is 0 Å². The van der Waals surface area contributed by atoms with E-state index in [9.17, 15) is 9.90 Å². The number of halogens is 1. The molecule has 2 aromatic rings. The number of nitrogens with one attached hydrogen (secondary N) is 1. The zero-order valence-corrected chi connectivity index (χ0v) is 15.5. The number of carboxylic acid groups (broad SMARTS) is 1. The van der Waals surface area contributed by atoms with Gasteiger partial charge in [0.25, 0.3) is 0 Å². The first-order chi connectivity index (χ1) is 11.5. The lowest BCUT2D eigenvalue weighted by molar-refractivity contribution is 0.0698. The number of ether oxygens (including phenoxy) is 1. The van der Waals surface area contributed by atoms with Gasteiger partial charge in [-0.05, 0) is 62.1 Å². The Labute approximate surface area is 151 Å². The van der Waals surface area contributed by atoms with Crippen LogP contribution < -0.4 is 10.1 Å². The molecule has 2 rings (SSSR count). The van der Waals surface area contributed by atoms with Crippen LogP contribution in [0.5, 0.6) is 5.75 Å². The van der Waals surface area contributed by atoms with Gasteiger partial charge in [-0.15, -0.1) is 0 Å². The van der Waals surface area contributed by atoms with Crippen LogP contribution in [0.25, 0.3) is 0 Å². The fraction of sp³-hybridized carbons (Fsp3) is 0.316. The molecular formula is C19H22BrNO3. The fourth-order valence-electron chi connectivity index (χ4n) is 2.36. The van der Waals surface area contributed by atoms with Crippen molar-refractivity contribution in [2.75, 3.05) is 18.5 Å². The van der Waals surface area contributed by atoms with Crippen molar-refractivity contribution in [3.8, 4) is 5.75 Å². The Hall–Kier alpha value is -2.01. The monoisotopic (exact) mass is 391 g/mol. The van der Waals surface area contributed by atoms with Crippen molar-refractivity contribution < 1.29 is 14.6 Å². The van der Waals surface area contributed by atoms with Gasteiger partial charge in [-0.1, -0.05) is 28.1 Å². The second-order valence-electron chi connectivity index (χ2n) is 5.68. The van der Waals surface area contributed by atoms with E-state index >= 15 is 0 Å². The third-order valence-electron chi connectivity index (χ3n) is 3.91. The molecular weight excluding hydrogens is 370 g/mol. The van der Waals surface area contributed by atoms with Crippen molar-refractivity contribution in [3.05, 3.63) is 57.6 Å². The minimum Gasteiger partial charge on any atom is -0.493 e. The second kappa shape index (κ2) is 8.73. The molecule has 5 heteroatoms. The molecule has 0 aliphatic carbocycles. The van der Waals surface area contributed by atoms with Crippen molar-refractivity contribution in [3.63, 3.8) is 0 Å². The standard InChI is InChI=1S/C19H22BrNO3/c1-13-6-5-7-18(14(13)2)24-11-4-3-10-21-17-9-8-15(20)12-16(17)19(22)23/h5-9,12,21H,3-4,10-11H2,1-2H3,(H,22,23). The van der Waals surface area contributed by atoms with Gasteiger partial charge in [-0.25, -0.2) is 4.79 Å². The van der Waals surface area contributed by atoms with Gasteiger partial charge >= 0.3 is 5.97 Å². The average molecular weight is 392 g/mol. The Morgan fingerprint density at radius 2 is 2.00 bits per heavy atom. The molecule has 128 valence electrons. The number of carboxylic acids is 1. The molecule has 0 aliphatic heterocycles. The summed E-state index contributed by atoms with van der Waals surface area (Å²) in [5, 5.41) is 12.4. The molecule has 0 unspecified atom stereocenters. The van der Waals surface area contributed by atoms with Crippen LogP contribution in [-0.4, -0.2) is 24.2 Å². The predicted molar refractivity (Wildman–Crippen MR) is 100 cm³/mol. The molecule has 0 aromatic heterocycles. The van der Waals surface area contributed by atoms with E-state index in [2.05, 4.69) is 41.2 Å². The Morgan fingerprint density at radius 3 is 2.75 bits per heavy atom. The lowest BCUT2D eigenvalue weighted by Gasteiger charge is -2.12. The van der Waals surface area contributed by atoms with Crippen LogP contribution in [0.2, 0.25) is 0 Å². The zero-order chi connectivity index (χ0) is 17.5. The largest absolute Gasteiger partial charge is 0.493 e. The van der Waals surface area contributed by atoms with Crippen LogP contribution in [0.3, 0.4) is 0 Å². The Bertz CT molecular complexity index is 716. The molecule has 0 fully saturated rings. The number of hydrogen-bond donors (Lipinski definition) is 2. The number of benzene rings is 2. The van der Waals surface area contributed by atoms with E-state index < -0.39 is 5.97 Å². The van der Waals surface area contributed by atoms with Crippen LogP contribution in [0, 0.1) is 13.8 Å². The average Bonchev–Trinajstić information content (AvgIpc) is 2.55. The first kappa shape index (κ1) is 18.3. The van der Waals surface area contributed by atoms with E-state index in [-0.39, 0.29) is 5.56 Å². The first-order valence-electron chi connectivity index (χ1n) is 7.95. The van der Waals surface area contributed by atoms with Gasteiger partial charge in [0.05, 0.1) is 12.2 Å². The predicted octanol–water partition coefficient (Wildman–Crippen LogP) is 5.04. The summed E-state index contributed by atoms with van der Waals surface area (Å²) in [5.74, 6) is 0.00101. The summed E-state index contributed by atoms with van der Waals surface area (Å²) in [4.78, 5) is 11.2. The third kappa shape index (κ3) is 4.99. The number of carbonyl (C=O) groups is 1. The maximum atomic E-state index is 11.2. The fourth-order valence-corrected chi connectivity index (χ4v) is 2.72. The SMILES string of the molecule is Cc1cccc(OCCCCNc2ccc(Br)cc2C(=O)O)c1C. The summed E-state index contributed by atoms with van der Waals surface area (Å²) < 4.78 is 6.58. The van der Waals surface area contributed by atoms with Crippen molar-refractivity contribution in [1.29, 1.82) is 0 Å². The van der Waals surface area contributed by atoms with Gasteiger partial charge < -0.3 is 15.2 Å². The minimum absolute atomic E-state index is 0.274. The van der Waals surface area contributed by atoms with Gasteiger partial charge in [0, 0.05) is 16.7 Å². The van der Waals surface area contributed by atoms with Gasteiger partial charge in [0.2, 0.25) is 0 Å². The van der Waals surface area contributed by atoms with Crippen molar-refractivity contribution in [2.24, 2.45) is 0 Å². The highest BCUT2D eigenvalue weighted by molar-refractivity contribution is 9.10. The van der Waals surface area contributed by atoms with Gasteiger partial charge in [0.15, 0.2) is 0 Å². The number of anilines is 1. The molecule has 0 amide bonds. The van der Waals surface area contributed by atoms with E-state index in [0.717, 1.165) is 23.1 Å². The molecule has 0 atom stereocenters. The quantitative estimate of drug-likeness (QED) is 0.619. The summed E-state index contributed by atoms with van der Waals surface area (Å²) >= 11 is 3.29. The highest BCUT2D eigenvalue weighted by Gasteiger charge is 2.10. The molecule has 0 heterocycles. The molecule has 0 radical (unpaired) electrons. The number of hydrogen-bond acceptors (Lipinski definition) is 3. The van der Waals surface area contributed by atoms with E-state index in [1.807, 2.05) is 18.2 Å². The highest BCUT2D eigenvalue weighted by Crippen LogP contribution is 2.22. The van der Waals surface area contributed by atoms with Gasteiger partial charge in [-0.3, -0.25) is 0 Å². The van der Waals surface area contributed by atoms with E-state index in [1.165, 1.54) is 11.1 Å². The Balaban J connectivity index is 1.76. The van der Waals surface area contributed by atoms with Gasteiger partial charge in [0.1, 0.15) is 5.75 Å². The maximum Gasteiger partial charge on any atom is 0.337 e. The molecule has 0 spiro atoms. The number of aryl methyl sites for hydroxylation is 1. The molecule has 0 saturated carbocycles. The van der Waals surface area contributed by atoms with Crippen LogP contribution in [-0.2, 0) is 0 Å². The van der Waals surface area contributed by atoms with Crippen LogP contribution in [0.15, 0.2) is 40.9 Å². The highest BCUT2D eigenvalue weighted by atomic mass is 79.9. The summed E-state index contributed by atoms with van der Waals surface area (Å²) in [7, 11) is 0. The Kier molecular flexibility index (Phi) is 6.67. The number of rotatable bonds is 8. The molecule has 0 saturated heterocycles. The number of unbranched alkanes of at least 4 members (excludes halogenated alkanes) is 1. The summed E-state index contributed by atoms with van der Waals surface area (Å²) in [6.07, 6.45) is 1.80. The maximum absolute atomic E-state index is 11.2. The minimum atomic E-state index is -0.933. The lowest BCUT2D eigenvalue weighted by Crippen LogP contribution is -2.09. The summed E-state index contributed by atoms with van der Waals surface area (Å²) in [5.41, 5.74) is 3.32. The normalized spacial score (nSPS) is 10.5. The molecule has 0 bridgehead atoms. The van der Waals surface area contributed by atoms with Gasteiger partial charge in [-0.2, -0.15) is 0 Å². The van der Waals surface area contributed by atoms with Crippen molar-refractivity contribution in [2.45, 2.75) is 26.7 Å². The molecule has 0 aliphatic rings. The van der Waals surface area contributed by atoms with Crippen LogP contribution in [0.4, 0.5) is 5.69 Å².